The van der Waals surface area contributed by atoms with E-state index in [4.69, 9.17) is 5.73 Å². The van der Waals surface area contributed by atoms with Crippen LogP contribution in [0, 0.1) is 0 Å². The van der Waals surface area contributed by atoms with Gasteiger partial charge in [0.15, 0.2) is 0 Å². The van der Waals surface area contributed by atoms with Crippen LogP contribution < -0.4 is 11.1 Å². The molecule has 128 valence electrons. The molecule has 0 aliphatic heterocycles. The van der Waals surface area contributed by atoms with Crippen LogP contribution >= 0.6 is 36.6 Å². The fourth-order valence-electron chi connectivity index (χ4n) is 1.95. The summed E-state index contributed by atoms with van der Waals surface area (Å²) in [7, 11) is 0. The molecule has 0 spiro atoms. The molecule has 1 amide bonds. The van der Waals surface area contributed by atoms with E-state index in [-0.39, 0.29) is 36.3 Å². The molecule has 1 aromatic heterocycles. The van der Waals surface area contributed by atoms with Crippen molar-refractivity contribution in [3.8, 4) is 0 Å². The van der Waals surface area contributed by atoms with E-state index in [1.807, 2.05) is 18.2 Å². The van der Waals surface area contributed by atoms with Gasteiger partial charge in [0.1, 0.15) is 0 Å². The van der Waals surface area contributed by atoms with Gasteiger partial charge in [0.25, 0.3) is 0 Å². The molecule has 0 saturated heterocycles. The van der Waals surface area contributed by atoms with E-state index in [9.17, 15) is 4.79 Å². The fourth-order valence-corrected chi connectivity index (χ4v) is 2.80. The van der Waals surface area contributed by atoms with Crippen LogP contribution in [0.15, 0.2) is 24.4 Å². The van der Waals surface area contributed by atoms with Crippen LogP contribution in [-0.4, -0.2) is 28.7 Å². The number of carbonyl (C=O) groups excluding carboxylic acids is 1. The highest BCUT2D eigenvalue weighted by Crippen LogP contribution is 2.15. The highest BCUT2D eigenvalue weighted by molar-refractivity contribution is 7.98. The van der Waals surface area contributed by atoms with Crippen molar-refractivity contribution in [2.24, 2.45) is 5.73 Å². The van der Waals surface area contributed by atoms with E-state index < -0.39 is 0 Å². The first-order chi connectivity index (χ1) is 9.65. The molecule has 0 bridgehead atoms. The van der Waals surface area contributed by atoms with Crippen LogP contribution in [0.1, 0.15) is 38.8 Å². The van der Waals surface area contributed by atoms with Crippen molar-refractivity contribution in [3.63, 3.8) is 0 Å². The minimum Gasteiger partial charge on any atom is -0.349 e. The SMILES string of the molecule is CCC(CC)(CN)NC(=O)CCSCc1ccccn1.Cl.Cl. The lowest BCUT2D eigenvalue weighted by Crippen LogP contribution is -2.52. The van der Waals surface area contributed by atoms with Gasteiger partial charge in [-0.15, -0.1) is 24.8 Å². The van der Waals surface area contributed by atoms with Gasteiger partial charge in [-0.2, -0.15) is 11.8 Å². The van der Waals surface area contributed by atoms with E-state index >= 15 is 0 Å². The van der Waals surface area contributed by atoms with Crippen molar-refractivity contribution in [2.75, 3.05) is 12.3 Å². The van der Waals surface area contributed by atoms with Gasteiger partial charge < -0.3 is 11.1 Å². The van der Waals surface area contributed by atoms with Crippen LogP contribution in [0.2, 0.25) is 0 Å². The highest BCUT2D eigenvalue weighted by atomic mass is 35.5. The Morgan fingerprint density at radius 3 is 2.50 bits per heavy atom. The van der Waals surface area contributed by atoms with Crippen LogP contribution in [0.5, 0.6) is 0 Å². The molecule has 0 aliphatic carbocycles. The van der Waals surface area contributed by atoms with E-state index in [0.717, 1.165) is 30.0 Å². The van der Waals surface area contributed by atoms with Crippen LogP contribution in [0.4, 0.5) is 0 Å². The fraction of sp³-hybridized carbons (Fsp3) is 0.600. The first-order valence-corrected chi connectivity index (χ1v) is 8.30. The number of aromatic nitrogens is 1. The minimum absolute atomic E-state index is 0. The molecule has 0 radical (unpaired) electrons. The van der Waals surface area contributed by atoms with Crippen LogP contribution in [0.3, 0.4) is 0 Å². The predicted molar refractivity (Wildman–Crippen MR) is 100 cm³/mol. The lowest BCUT2D eigenvalue weighted by Gasteiger charge is -2.31. The molecule has 0 aromatic carbocycles. The maximum Gasteiger partial charge on any atom is 0.221 e. The molecule has 0 atom stereocenters. The molecule has 4 nitrogen and oxygen atoms in total. The topological polar surface area (TPSA) is 68.0 Å². The number of hydrogen-bond donors (Lipinski definition) is 2. The molecular formula is C15H27Cl2N3OS. The van der Waals surface area contributed by atoms with Crippen molar-refractivity contribution in [3.05, 3.63) is 30.1 Å². The van der Waals surface area contributed by atoms with Gasteiger partial charge in [0.05, 0.1) is 11.2 Å². The molecule has 0 fully saturated rings. The zero-order valence-corrected chi connectivity index (χ0v) is 15.7. The number of rotatable bonds is 9. The number of hydrogen-bond acceptors (Lipinski definition) is 4. The standard InChI is InChI=1S/C15H25N3OS.2ClH/c1-3-15(4-2,12-16)18-14(19)8-10-20-11-13-7-5-6-9-17-13;;/h5-7,9H,3-4,8,10-12,16H2,1-2H3,(H,18,19);2*1H. The predicted octanol–water partition coefficient (Wildman–Crippen LogP) is 3.18. The third kappa shape index (κ3) is 8.22. The zero-order chi connectivity index (χ0) is 14.8. The zero-order valence-electron chi connectivity index (χ0n) is 13.2. The number of halogens is 2. The normalized spacial score (nSPS) is 10.3. The Balaban J connectivity index is 0. The van der Waals surface area contributed by atoms with Gasteiger partial charge in [-0.05, 0) is 25.0 Å². The number of thioether (sulfide) groups is 1. The van der Waals surface area contributed by atoms with E-state index in [1.54, 1.807) is 18.0 Å². The van der Waals surface area contributed by atoms with Crippen LogP contribution in [0.25, 0.3) is 0 Å². The molecule has 3 N–H and O–H groups in total. The molecule has 1 heterocycles. The van der Waals surface area contributed by atoms with Crippen molar-refractivity contribution in [2.45, 2.75) is 44.4 Å². The summed E-state index contributed by atoms with van der Waals surface area (Å²) in [5, 5.41) is 3.09. The Morgan fingerprint density at radius 1 is 1.32 bits per heavy atom. The summed E-state index contributed by atoms with van der Waals surface area (Å²) in [6.45, 7) is 4.62. The largest absolute Gasteiger partial charge is 0.349 e. The maximum absolute atomic E-state index is 12.0. The second-order valence-electron chi connectivity index (χ2n) is 4.86. The Morgan fingerprint density at radius 2 is 2.00 bits per heavy atom. The number of pyridine rings is 1. The Kier molecular flexibility index (Phi) is 14.0. The van der Waals surface area contributed by atoms with Crippen molar-refractivity contribution in [1.29, 1.82) is 0 Å². The monoisotopic (exact) mass is 367 g/mol. The van der Waals surface area contributed by atoms with E-state index in [2.05, 4.69) is 24.1 Å². The minimum atomic E-state index is -0.233. The number of nitrogens with one attached hydrogen (secondary N) is 1. The van der Waals surface area contributed by atoms with Gasteiger partial charge in [-0.25, -0.2) is 0 Å². The first-order valence-electron chi connectivity index (χ1n) is 7.14. The molecule has 0 aliphatic rings. The Labute approximate surface area is 150 Å². The van der Waals surface area contributed by atoms with Gasteiger partial charge in [-0.1, -0.05) is 19.9 Å². The highest BCUT2D eigenvalue weighted by Gasteiger charge is 2.25. The average Bonchev–Trinajstić information content (AvgIpc) is 2.50. The first kappa shape index (κ1) is 23.8. The molecule has 0 saturated carbocycles. The maximum atomic E-state index is 12.0. The second kappa shape index (κ2) is 13.0. The van der Waals surface area contributed by atoms with Gasteiger partial charge in [0.2, 0.25) is 5.91 Å². The molecule has 0 unspecified atom stereocenters. The third-order valence-corrected chi connectivity index (χ3v) is 4.59. The summed E-state index contributed by atoms with van der Waals surface area (Å²) in [5.41, 5.74) is 6.60. The molecular weight excluding hydrogens is 341 g/mol. The second-order valence-corrected chi connectivity index (χ2v) is 5.97. The summed E-state index contributed by atoms with van der Waals surface area (Å²) in [6.07, 6.45) is 4.06. The summed E-state index contributed by atoms with van der Waals surface area (Å²) >= 11 is 1.73. The summed E-state index contributed by atoms with van der Waals surface area (Å²) < 4.78 is 0. The average molecular weight is 368 g/mol. The van der Waals surface area contributed by atoms with E-state index in [1.165, 1.54) is 0 Å². The van der Waals surface area contributed by atoms with E-state index in [0.29, 0.717) is 13.0 Å². The molecule has 1 aromatic rings. The summed E-state index contributed by atoms with van der Waals surface area (Å²) in [5.74, 6) is 1.74. The van der Waals surface area contributed by atoms with Gasteiger partial charge >= 0.3 is 0 Å². The van der Waals surface area contributed by atoms with Gasteiger partial charge in [0, 0.05) is 30.7 Å². The lowest BCUT2D eigenvalue weighted by atomic mass is 9.93. The van der Waals surface area contributed by atoms with Crippen LogP contribution in [-0.2, 0) is 10.5 Å². The molecule has 7 heteroatoms. The third-order valence-electron chi connectivity index (χ3n) is 3.60. The van der Waals surface area contributed by atoms with Crippen molar-refractivity contribution in [1.82, 2.24) is 10.3 Å². The number of carbonyl (C=O) groups is 1. The smallest absolute Gasteiger partial charge is 0.221 e. The number of nitrogens with two attached hydrogens (primary N) is 1. The Bertz CT molecular complexity index is 395. The molecule has 22 heavy (non-hydrogen) atoms. The quantitative estimate of drug-likeness (QED) is 0.657. The van der Waals surface area contributed by atoms with Gasteiger partial charge in [-0.3, -0.25) is 9.78 Å². The number of nitrogens with zero attached hydrogens (tertiary/aromatic N) is 1. The summed E-state index contributed by atoms with van der Waals surface area (Å²) in [4.78, 5) is 16.2. The molecule has 1 rings (SSSR count). The Hall–Kier alpha value is -0.490. The number of amides is 1. The van der Waals surface area contributed by atoms with Crippen molar-refractivity contribution < 1.29 is 4.79 Å². The van der Waals surface area contributed by atoms with Crippen molar-refractivity contribution >= 4 is 42.5 Å². The summed E-state index contributed by atoms with van der Waals surface area (Å²) in [6, 6.07) is 5.89. The lowest BCUT2D eigenvalue weighted by molar-refractivity contribution is -0.122.